The predicted molar refractivity (Wildman–Crippen MR) is 375 cm³/mol. The van der Waals surface area contributed by atoms with E-state index in [-0.39, 0.29) is 29.4 Å². The first kappa shape index (κ1) is 84.6. The van der Waals surface area contributed by atoms with E-state index in [9.17, 15) is 37.1 Å². The van der Waals surface area contributed by atoms with E-state index < -0.39 is 82.8 Å². The molecule has 18 nitrogen and oxygen atoms in total. The van der Waals surface area contributed by atoms with Gasteiger partial charge in [-0.1, -0.05) is 77.6 Å². The number of anilines is 4. The minimum Gasteiger partial charge on any atom is -0.467 e. The summed E-state index contributed by atoms with van der Waals surface area (Å²) in [6.07, 6.45) is -4.96. The number of hydrogen-bond acceptors (Lipinski definition) is 17. The highest BCUT2D eigenvalue weighted by molar-refractivity contribution is 6.36. The van der Waals surface area contributed by atoms with Crippen LogP contribution in [0.5, 0.6) is 0 Å². The summed E-state index contributed by atoms with van der Waals surface area (Å²) in [5.74, 6) is -4.10. The molecule has 4 aromatic carbocycles. The smallest absolute Gasteiger partial charge is 0.467 e. The number of halogens is 7. The Bertz CT molecular complexity index is 3270. The zero-order valence-electron chi connectivity index (χ0n) is 60.0. The van der Waals surface area contributed by atoms with Crippen LogP contribution in [0.2, 0.25) is 20.1 Å². The summed E-state index contributed by atoms with van der Waals surface area (Å²) in [5, 5.41) is 20.2. The Labute approximate surface area is 585 Å². The van der Waals surface area contributed by atoms with E-state index in [1.54, 1.807) is 33.8 Å². The SMILES string of the molecule is CCCNc1c(C)cc(C)c(C(OC(C)(C)C)C(=O)OC)c1Cl.COC(=O)C(OC(C)(C)C)c1c(C)cc(C)c(NCCO)c1Cl.COC(=O)C(OC(C)(C)C)c1c(C)cc2c(c1Cl)N(C(=O)C(F)(F)F)CCC2.COC(=O)C(OC(C)(C)C)c1c(C)cc2c(c1Cl)NCCC2. The second kappa shape index (κ2) is 35.9. The number of alkyl halides is 3. The average Bonchev–Trinajstić information content (AvgIpc) is 0.772. The Kier molecular flexibility index (Phi) is 31.7. The Balaban J connectivity index is 0.000000335. The second-order valence-corrected chi connectivity index (χ2v) is 28.8. The van der Waals surface area contributed by atoms with Crippen molar-refractivity contribution in [2.24, 2.45) is 0 Å². The summed E-state index contributed by atoms with van der Waals surface area (Å²) in [5.41, 5.74) is 9.25. The first-order valence-electron chi connectivity index (χ1n) is 31.7. The van der Waals surface area contributed by atoms with E-state index >= 15 is 0 Å². The number of aryl methyl sites for hydroxylation is 8. The molecular weight excluding hydrogens is 1330 g/mol. The molecule has 0 bridgehead atoms. The lowest BCUT2D eigenvalue weighted by Crippen LogP contribution is -2.44. The normalized spacial score (nSPS) is 14.4. The lowest BCUT2D eigenvalue weighted by Gasteiger charge is -2.34. The molecule has 0 saturated carbocycles. The summed E-state index contributed by atoms with van der Waals surface area (Å²) >= 11 is 26.3. The van der Waals surface area contributed by atoms with Crippen molar-refractivity contribution in [2.75, 3.05) is 82.1 Å². The van der Waals surface area contributed by atoms with Crippen molar-refractivity contribution in [1.29, 1.82) is 0 Å². The fraction of sp³-hybridized carbons (Fsp3) is 0.592. The Hall–Kier alpha value is -5.62. The maximum absolute atomic E-state index is 13.1. The highest BCUT2D eigenvalue weighted by Crippen LogP contribution is 2.46. The van der Waals surface area contributed by atoms with Crippen LogP contribution in [-0.4, -0.2) is 125 Å². The van der Waals surface area contributed by atoms with Gasteiger partial charge in [-0.25, -0.2) is 19.2 Å². The van der Waals surface area contributed by atoms with Crippen molar-refractivity contribution in [3.8, 4) is 0 Å². The molecule has 96 heavy (non-hydrogen) atoms. The number of rotatable bonds is 18. The molecule has 2 aliphatic rings. The maximum Gasteiger partial charge on any atom is 0.471 e. The van der Waals surface area contributed by atoms with Gasteiger partial charge in [0.1, 0.15) is 0 Å². The summed E-state index contributed by atoms with van der Waals surface area (Å²) in [4.78, 5) is 61.7. The van der Waals surface area contributed by atoms with Gasteiger partial charge in [0.2, 0.25) is 0 Å². The summed E-state index contributed by atoms with van der Waals surface area (Å²) in [7, 11) is 5.22. The topological polar surface area (TPSA) is 219 Å². The third kappa shape index (κ3) is 23.5. The molecule has 2 heterocycles. The lowest BCUT2D eigenvalue weighted by molar-refractivity contribution is -0.170. The van der Waals surface area contributed by atoms with Crippen LogP contribution < -0.4 is 20.9 Å². The molecule has 4 N–H and O–H groups in total. The zero-order valence-corrected chi connectivity index (χ0v) is 63.1. The predicted octanol–water partition coefficient (Wildman–Crippen LogP) is 16.8. The molecule has 1 amide bonds. The molecule has 0 saturated heterocycles. The number of carbonyl (C=O) groups is 5. The van der Waals surface area contributed by atoms with Crippen LogP contribution in [0.25, 0.3) is 0 Å². The molecule has 0 aromatic heterocycles. The van der Waals surface area contributed by atoms with Gasteiger partial charge >= 0.3 is 36.0 Å². The largest absolute Gasteiger partial charge is 0.471 e. The van der Waals surface area contributed by atoms with Crippen LogP contribution in [0.4, 0.5) is 35.9 Å². The third-order valence-electron chi connectivity index (χ3n) is 14.6. The van der Waals surface area contributed by atoms with Gasteiger partial charge in [-0.05, 0) is 201 Å². The fourth-order valence-electron chi connectivity index (χ4n) is 10.8. The first-order valence-corrected chi connectivity index (χ1v) is 33.2. The van der Waals surface area contributed by atoms with Gasteiger partial charge < -0.3 is 63.9 Å². The second-order valence-electron chi connectivity index (χ2n) is 27.3. The van der Waals surface area contributed by atoms with Gasteiger partial charge in [-0.2, -0.15) is 13.2 Å². The molecule has 0 fully saturated rings. The lowest BCUT2D eigenvalue weighted by atomic mass is 9.93. The number of nitrogens with one attached hydrogen (secondary N) is 3. The minimum absolute atomic E-state index is 0.0160. The number of benzene rings is 4. The number of aliphatic hydroxyl groups excluding tert-OH is 1. The Morgan fingerprint density at radius 1 is 0.510 bits per heavy atom. The molecule has 4 atom stereocenters. The van der Waals surface area contributed by atoms with Crippen LogP contribution in [0.1, 0.15) is 200 Å². The van der Waals surface area contributed by atoms with Gasteiger partial charge in [0.25, 0.3) is 0 Å². The van der Waals surface area contributed by atoms with Crippen molar-refractivity contribution in [2.45, 2.75) is 217 Å². The molecule has 4 aromatic rings. The summed E-state index contributed by atoms with van der Waals surface area (Å²) in [6.45, 7) is 37.6. The number of aliphatic hydroxyl groups is 1. The molecular formula is C71H101Cl4F3N4O14. The van der Waals surface area contributed by atoms with Crippen molar-refractivity contribution in [3.05, 3.63) is 111 Å². The van der Waals surface area contributed by atoms with Crippen molar-refractivity contribution in [1.82, 2.24) is 0 Å². The standard InChI is InChI=1S/C19H23ClF3NO4.C18H28ClNO3.C17H26ClNO4.C17H24ClNO3/c1-10-9-11-7-6-8-24(17(26)19(21,22)23)14(11)13(20)12(10)15(16(25)27-5)28-18(2,3)4;1-8-9-20-15-12(3)10-11(2)13(14(15)19)16(17(21)22-7)23-18(4,5)6;1-10-9-11(2)14(19-7-8-20)13(18)12(10)15(16(21)22-6)23-17(3,4)5;1-10-9-11-7-6-8-19-14(11)13(18)12(10)15(16(20)21-5)22-17(2,3)4/h9,15H,6-8H2,1-5H3;10,16,20H,8-9H2,1-7H3;9,15,19-20H,7-8H2,1-6H3;9,15,19H,6-8H2,1-5H3. The number of methoxy groups -OCH3 is 4. The van der Waals surface area contributed by atoms with Crippen LogP contribution in [0.3, 0.4) is 0 Å². The van der Waals surface area contributed by atoms with E-state index in [1.165, 1.54) is 34.0 Å². The number of hydrogen-bond donors (Lipinski definition) is 4. The van der Waals surface area contributed by atoms with Crippen molar-refractivity contribution < 1.29 is 80.1 Å². The van der Waals surface area contributed by atoms with Gasteiger partial charge in [-0.3, -0.25) is 4.79 Å². The molecule has 2 aliphatic heterocycles. The fourth-order valence-corrected chi connectivity index (χ4v) is 12.6. The zero-order chi connectivity index (χ0) is 73.5. The highest BCUT2D eigenvalue weighted by Gasteiger charge is 2.46. The average molecular weight is 1430 g/mol. The quantitative estimate of drug-likeness (QED) is 0.0538. The van der Waals surface area contributed by atoms with E-state index in [0.717, 1.165) is 71.5 Å². The molecule has 0 radical (unpaired) electrons. The van der Waals surface area contributed by atoms with Crippen molar-refractivity contribution >= 4 is 98.9 Å². The van der Waals surface area contributed by atoms with E-state index in [2.05, 4.69) is 28.9 Å². The van der Waals surface area contributed by atoms with E-state index in [4.69, 9.17) is 89.4 Å². The molecule has 6 rings (SSSR count). The Morgan fingerprint density at radius 2 is 0.844 bits per heavy atom. The number of fused-ring (bicyclic) bond motifs is 2. The number of esters is 4. The molecule has 4 unspecified atom stereocenters. The monoisotopic (exact) mass is 1430 g/mol. The highest BCUT2D eigenvalue weighted by atomic mass is 35.5. The van der Waals surface area contributed by atoms with Crippen LogP contribution in [0.15, 0.2) is 24.3 Å². The van der Waals surface area contributed by atoms with Gasteiger partial charge in [-0.15, -0.1) is 0 Å². The van der Waals surface area contributed by atoms with Crippen molar-refractivity contribution in [3.63, 3.8) is 0 Å². The summed E-state index contributed by atoms with van der Waals surface area (Å²) < 4.78 is 82.4. The van der Waals surface area contributed by atoms with Crippen LogP contribution in [-0.2, 0) is 74.7 Å². The molecule has 0 spiro atoms. The van der Waals surface area contributed by atoms with E-state index in [0.29, 0.717) is 72.9 Å². The number of amides is 1. The maximum atomic E-state index is 13.1. The van der Waals surface area contributed by atoms with E-state index in [1.807, 2.05) is 109 Å². The van der Waals surface area contributed by atoms with Crippen LogP contribution >= 0.6 is 46.4 Å². The Morgan fingerprint density at radius 3 is 1.19 bits per heavy atom. The first-order chi connectivity index (χ1) is 44.3. The molecule has 25 heteroatoms. The minimum atomic E-state index is -5.04. The number of nitrogens with zero attached hydrogens (tertiary/aromatic N) is 1. The van der Waals surface area contributed by atoms with Gasteiger partial charge in [0.05, 0.1) is 100 Å². The van der Waals surface area contributed by atoms with Gasteiger partial charge in [0.15, 0.2) is 24.4 Å². The third-order valence-corrected chi connectivity index (χ3v) is 16.2. The van der Waals surface area contributed by atoms with Gasteiger partial charge in [0, 0.05) is 48.4 Å². The molecule has 0 aliphatic carbocycles. The summed E-state index contributed by atoms with van der Waals surface area (Å²) in [6, 6.07) is 7.68. The van der Waals surface area contributed by atoms with Crippen LogP contribution in [0, 0.1) is 41.5 Å². The number of carbonyl (C=O) groups excluding carboxylic acids is 5. The number of ether oxygens (including phenoxy) is 8. The molecule has 538 valence electrons.